The highest BCUT2D eigenvalue weighted by Crippen LogP contribution is 2.74. The van der Waals surface area contributed by atoms with E-state index < -0.39 is 23.6 Å². The zero-order valence-electron chi connectivity index (χ0n) is 21.2. The number of carboxylic acid groups (broad SMARTS) is 1. The minimum atomic E-state index is -0.812. The zero-order chi connectivity index (χ0) is 24.1. The number of allylic oxidation sites excluding steroid dienone is 2. The fourth-order valence-corrected chi connectivity index (χ4v) is 10.1. The van der Waals surface area contributed by atoms with Crippen LogP contribution in [0.15, 0.2) is 23.8 Å². The maximum Gasteiger partial charge on any atom is 0.310 e. The molecule has 0 spiro atoms. The highest BCUT2D eigenvalue weighted by molar-refractivity contribution is 5.76. The van der Waals surface area contributed by atoms with Gasteiger partial charge >= 0.3 is 5.97 Å². The van der Waals surface area contributed by atoms with Crippen molar-refractivity contribution in [1.82, 2.24) is 0 Å². The van der Waals surface area contributed by atoms with Gasteiger partial charge in [0.15, 0.2) is 0 Å². The summed E-state index contributed by atoms with van der Waals surface area (Å²) in [4.78, 5) is 12.8. The first-order valence-corrected chi connectivity index (χ1v) is 13.3. The van der Waals surface area contributed by atoms with E-state index in [1.165, 1.54) is 5.57 Å². The van der Waals surface area contributed by atoms with Crippen LogP contribution in [0.2, 0.25) is 0 Å². The van der Waals surface area contributed by atoms with Crippen molar-refractivity contribution < 1.29 is 20.1 Å². The monoisotopic (exact) mass is 456 g/mol. The van der Waals surface area contributed by atoms with E-state index in [1.807, 2.05) is 0 Å². The largest absolute Gasteiger partial charge is 0.481 e. The van der Waals surface area contributed by atoms with Gasteiger partial charge in [-0.3, -0.25) is 4.79 Å². The van der Waals surface area contributed by atoms with Gasteiger partial charge in [-0.25, -0.2) is 0 Å². The lowest BCUT2D eigenvalue weighted by atomic mass is 9.34. The molecule has 0 aromatic carbocycles. The number of hydrogen-bond donors (Lipinski definition) is 3. The SMILES string of the molecule is C=C1C(O)C(O)C[C@@]2(C)C1CC[C@]1(C)C2CC=C2[C@@H]3[C@@H](C)[C@H](C)CC[C@]3(C(=O)O)CC[C@]21C. The van der Waals surface area contributed by atoms with Crippen molar-refractivity contribution in [3.05, 3.63) is 23.8 Å². The molecule has 0 radical (unpaired) electrons. The summed E-state index contributed by atoms with van der Waals surface area (Å²) in [6, 6.07) is 0. The molecule has 4 fully saturated rings. The first-order valence-electron chi connectivity index (χ1n) is 13.3. The smallest absolute Gasteiger partial charge is 0.310 e. The van der Waals surface area contributed by atoms with Gasteiger partial charge in [0.1, 0.15) is 6.10 Å². The van der Waals surface area contributed by atoms with Crippen LogP contribution >= 0.6 is 0 Å². The molecular weight excluding hydrogens is 412 g/mol. The molecule has 4 nitrogen and oxygen atoms in total. The highest BCUT2D eigenvalue weighted by Gasteiger charge is 2.68. The molecule has 11 atom stereocenters. The molecular formula is C29H44O4. The van der Waals surface area contributed by atoms with Crippen LogP contribution in [0.3, 0.4) is 0 Å². The van der Waals surface area contributed by atoms with Crippen molar-refractivity contribution in [2.75, 3.05) is 0 Å². The molecule has 4 heteroatoms. The minimum absolute atomic E-state index is 0.0266. The van der Waals surface area contributed by atoms with Crippen LogP contribution in [0.5, 0.6) is 0 Å². The summed E-state index contributed by atoms with van der Waals surface area (Å²) in [5.41, 5.74) is 1.58. The second-order valence-electron chi connectivity index (χ2n) is 13.4. The van der Waals surface area contributed by atoms with Gasteiger partial charge in [0, 0.05) is 0 Å². The number of aliphatic hydroxyl groups excluding tert-OH is 2. The van der Waals surface area contributed by atoms with Crippen molar-refractivity contribution in [2.45, 2.75) is 98.2 Å². The van der Waals surface area contributed by atoms with E-state index >= 15 is 0 Å². The van der Waals surface area contributed by atoms with E-state index in [2.05, 4.69) is 47.3 Å². The predicted octanol–water partition coefficient (Wildman–Crippen LogP) is 5.59. The molecule has 33 heavy (non-hydrogen) atoms. The lowest BCUT2D eigenvalue weighted by molar-refractivity contribution is -0.182. The van der Waals surface area contributed by atoms with Crippen LogP contribution < -0.4 is 0 Å². The third kappa shape index (κ3) is 2.74. The number of hydrogen-bond acceptors (Lipinski definition) is 3. The van der Waals surface area contributed by atoms with E-state index in [0.717, 1.165) is 50.5 Å². The van der Waals surface area contributed by atoms with Gasteiger partial charge in [-0.1, -0.05) is 52.8 Å². The standard InChI is InChI=1S/C29H44O4/c1-16-9-12-29(25(32)33)14-13-27(5)20(23(29)17(16)2)7-8-22-26(4)15-21(30)24(31)18(3)19(26)10-11-28(22,27)6/h7,16-17,19,21-24,30-31H,3,8-15H2,1-2,4-6H3,(H,32,33)/t16-,17+,19?,21?,22?,23+,24?,26+,27-,28-,29+/m1/s1. The summed E-state index contributed by atoms with van der Waals surface area (Å²) >= 11 is 0. The predicted molar refractivity (Wildman–Crippen MR) is 129 cm³/mol. The van der Waals surface area contributed by atoms with Gasteiger partial charge < -0.3 is 15.3 Å². The topological polar surface area (TPSA) is 77.8 Å². The fraction of sp³-hybridized carbons (Fsp3) is 0.828. The summed E-state index contributed by atoms with van der Waals surface area (Å²) in [6.45, 7) is 16.1. The lowest BCUT2D eigenvalue weighted by Crippen LogP contribution is -2.64. The Labute approximate surface area is 199 Å². The Bertz CT molecular complexity index is 907. The van der Waals surface area contributed by atoms with Gasteiger partial charge in [0.25, 0.3) is 0 Å². The summed E-state index contributed by atoms with van der Waals surface area (Å²) in [7, 11) is 0. The molecule has 0 amide bonds. The third-order valence-corrected chi connectivity index (χ3v) is 12.5. The fourth-order valence-electron chi connectivity index (χ4n) is 10.1. The number of carboxylic acids is 1. The molecule has 0 aliphatic heterocycles. The molecule has 184 valence electrons. The van der Waals surface area contributed by atoms with Gasteiger partial charge in [-0.2, -0.15) is 0 Å². The Morgan fingerprint density at radius 3 is 2.42 bits per heavy atom. The Kier molecular flexibility index (Phi) is 5.15. The molecule has 4 saturated carbocycles. The highest BCUT2D eigenvalue weighted by atomic mass is 16.4. The minimum Gasteiger partial charge on any atom is -0.481 e. The van der Waals surface area contributed by atoms with Gasteiger partial charge in [0.05, 0.1) is 11.5 Å². The third-order valence-electron chi connectivity index (χ3n) is 12.5. The summed E-state index contributed by atoms with van der Waals surface area (Å²) in [6.07, 6.45) is 8.04. The normalized spacial score (nSPS) is 56.0. The second kappa shape index (κ2) is 7.20. The van der Waals surface area contributed by atoms with Crippen LogP contribution in [-0.2, 0) is 4.79 Å². The quantitative estimate of drug-likeness (QED) is 0.450. The summed E-state index contributed by atoms with van der Waals surface area (Å²) < 4.78 is 0. The molecule has 0 aromatic rings. The van der Waals surface area contributed by atoms with Crippen LogP contribution in [0.25, 0.3) is 0 Å². The summed E-state index contributed by atoms with van der Waals surface area (Å²) in [5.74, 6) is 1.09. The Hall–Kier alpha value is -1.13. The van der Waals surface area contributed by atoms with Crippen molar-refractivity contribution in [3.63, 3.8) is 0 Å². The average molecular weight is 457 g/mol. The van der Waals surface area contributed by atoms with Crippen LogP contribution in [0, 0.1) is 51.2 Å². The number of fused-ring (bicyclic) bond motifs is 7. The maximum absolute atomic E-state index is 12.8. The Balaban J connectivity index is 1.62. The van der Waals surface area contributed by atoms with E-state index in [4.69, 9.17) is 0 Å². The number of aliphatic hydroxyl groups is 2. The molecule has 0 heterocycles. The van der Waals surface area contributed by atoms with Gasteiger partial charge in [-0.15, -0.1) is 0 Å². The first kappa shape index (κ1) is 23.6. The Morgan fingerprint density at radius 2 is 1.76 bits per heavy atom. The average Bonchev–Trinajstić information content (AvgIpc) is 2.75. The number of rotatable bonds is 1. The molecule has 0 aromatic heterocycles. The summed E-state index contributed by atoms with van der Waals surface area (Å²) in [5, 5.41) is 31.8. The van der Waals surface area contributed by atoms with Crippen molar-refractivity contribution in [1.29, 1.82) is 0 Å². The molecule has 5 aliphatic rings. The van der Waals surface area contributed by atoms with E-state index in [0.29, 0.717) is 24.2 Å². The van der Waals surface area contributed by atoms with E-state index in [-0.39, 0.29) is 28.1 Å². The van der Waals surface area contributed by atoms with Gasteiger partial charge in [0.2, 0.25) is 0 Å². The molecule has 4 unspecified atom stereocenters. The molecule has 5 aliphatic carbocycles. The van der Waals surface area contributed by atoms with Crippen molar-refractivity contribution >= 4 is 5.97 Å². The number of aliphatic carboxylic acids is 1. The van der Waals surface area contributed by atoms with E-state index in [9.17, 15) is 20.1 Å². The zero-order valence-corrected chi connectivity index (χ0v) is 21.2. The van der Waals surface area contributed by atoms with E-state index in [1.54, 1.807) is 0 Å². The van der Waals surface area contributed by atoms with Crippen molar-refractivity contribution in [3.8, 4) is 0 Å². The van der Waals surface area contributed by atoms with Crippen LogP contribution in [0.4, 0.5) is 0 Å². The van der Waals surface area contributed by atoms with Crippen LogP contribution in [-0.4, -0.2) is 33.5 Å². The molecule has 5 rings (SSSR count). The van der Waals surface area contributed by atoms with Crippen LogP contribution in [0.1, 0.15) is 86.0 Å². The second-order valence-corrected chi connectivity index (χ2v) is 13.4. The van der Waals surface area contributed by atoms with Gasteiger partial charge in [-0.05, 0) is 103 Å². The maximum atomic E-state index is 12.8. The molecule has 3 N–H and O–H groups in total. The molecule has 0 saturated heterocycles. The van der Waals surface area contributed by atoms with Crippen molar-refractivity contribution in [2.24, 2.45) is 51.2 Å². The molecule has 0 bridgehead atoms. The lowest BCUT2D eigenvalue weighted by Gasteiger charge is -2.70. The first-order chi connectivity index (χ1) is 15.3. The Morgan fingerprint density at radius 1 is 1.06 bits per heavy atom. The number of carbonyl (C=O) groups is 1.